The topological polar surface area (TPSA) is 28.2 Å². The van der Waals surface area contributed by atoms with Crippen LogP contribution >= 0.6 is 11.3 Å². The number of rotatable bonds is 5. The van der Waals surface area contributed by atoms with Gasteiger partial charge >= 0.3 is 0 Å². The summed E-state index contributed by atoms with van der Waals surface area (Å²) in [5.41, 5.74) is 0. The highest BCUT2D eigenvalue weighted by molar-refractivity contribution is 7.15. The van der Waals surface area contributed by atoms with Gasteiger partial charge in [0.05, 0.1) is 0 Å². The van der Waals surface area contributed by atoms with Crippen LogP contribution in [0.3, 0.4) is 0 Å². The van der Waals surface area contributed by atoms with E-state index in [2.05, 4.69) is 28.3 Å². The minimum absolute atomic E-state index is 0.786. The predicted molar refractivity (Wildman–Crippen MR) is 81.8 cm³/mol. The minimum Gasteiger partial charge on any atom is -0.348 e. The first kappa shape index (κ1) is 13.4. The van der Waals surface area contributed by atoms with Crippen LogP contribution < -0.4 is 10.2 Å². The number of aromatic nitrogens is 1. The number of nitrogens with one attached hydrogen (secondary N) is 1. The molecule has 0 spiro atoms. The van der Waals surface area contributed by atoms with E-state index in [4.69, 9.17) is 0 Å². The highest BCUT2D eigenvalue weighted by atomic mass is 32.1. The van der Waals surface area contributed by atoms with E-state index in [-0.39, 0.29) is 0 Å². The van der Waals surface area contributed by atoms with Crippen LogP contribution in [0.2, 0.25) is 0 Å². The maximum atomic E-state index is 4.64. The smallest absolute Gasteiger partial charge is 0.185 e. The van der Waals surface area contributed by atoms with Crippen molar-refractivity contribution in [2.45, 2.75) is 58.0 Å². The van der Waals surface area contributed by atoms with E-state index < -0.39 is 0 Å². The maximum absolute atomic E-state index is 4.64. The monoisotopic (exact) mass is 279 g/mol. The molecule has 106 valence electrons. The Morgan fingerprint density at radius 2 is 2.21 bits per heavy atom. The number of nitrogens with zero attached hydrogens (tertiary/aromatic N) is 2. The zero-order valence-electron chi connectivity index (χ0n) is 11.9. The van der Waals surface area contributed by atoms with Gasteiger partial charge in [0.25, 0.3) is 0 Å². The van der Waals surface area contributed by atoms with Crippen molar-refractivity contribution in [1.82, 2.24) is 10.3 Å². The van der Waals surface area contributed by atoms with Crippen LogP contribution in [-0.2, 0) is 6.54 Å². The van der Waals surface area contributed by atoms with E-state index >= 15 is 0 Å². The summed E-state index contributed by atoms with van der Waals surface area (Å²) in [4.78, 5) is 8.52. The lowest BCUT2D eigenvalue weighted by atomic mass is 9.98. The molecule has 2 aliphatic rings. The first-order chi connectivity index (χ1) is 9.35. The van der Waals surface area contributed by atoms with Gasteiger partial charge in [-0.3, -0.25) is 0 Å². The first-order valence-electron chi connectivity index (χ1n) is 7.78. The third kappa shape index (κ3) is 3.69. The molecule has 1 aliphatic carbocycles. The predicted octanol–water partition coefficient (Wildman–Crippen LogP) is 3.41. The zero-order valence-corrected chi connectivity index (χ0v) is 12.7. The Bertz CT molecular complexity index is 400. The van der Waals surface area contributed by atoms with Crippen LogP contribution in [0.25, 0.3) is 0 Å². The van der Waals surface area contributed by atoms with Crippen molar-refractivity contribution in [2.24, 2.45) is 5.92 Å². The quantitative estimate of drug-likeness (QED) is 0.895. The molecule has 1 aliphatic heterocycles. The largest absolute Gasteiger partial charge is 0.348 e. The molecule has 1 aromatic rings. The second-order valence-corrected chi connectivity index (χ2v) is 7.05. The van der Waals surface area contributed by atoms with Gasteiger partial charge in [-0.1, -0.05) is 13.3 Å². The number of thiazole rings is 1. The maximum Gasteiger partial charge on any atom is 0.185 e. The Morgan fingerprint density at radius 1 is 1.32 bits per heavy atom. The van der Waals surface area contributed by atoms with Gasteiger partial charge < -0.3 is 10.2 Å². The van der Waals surface area contributed by atoms with Crippen molar-refractivity contribution in [3.8, 4) is 0 Å². The molecule has 4 heteroatoms. The molecule has 1 aromatic heterocycles. The molecule has 1 atom stereocenters. The molecule has 0 bridgehead atoms. The summed E-state index contributed by atoms with van der Waals surface area (Å²) in [5.74, 6) is 0.931. The summed E-state index contributed by atoms with van der Waals surface area (Å²) in [6, 6.07) is 0.786. The zero-order chi connectivity index (χ0) is 13.1. The number of hydrogen-bond donors (Lipinski definition) is 1. The fourth-order valence-electron chi connectivity index (χ4n) is 2.82. The minimum atomic E-state index is 0.786. The van der Waals surface area contributed by atoms with Crippen molar-refractivity contribution >= 4 is 16.5 Å². The van der Waals surface area contributed by atoms with Crippen molar-refractivity contribution < 1.29 is 0 Å². The highest BCUT2D eigenvalue weighted by Gasteiger charge is 2.21. The molecule has 1 unspecified atom stereocenters. The first-order valence-corrected chi connectivity index (χ1v) is 8.60. The summed E-state index contributed by atoms with van der Waals surface area (Å²) >= 11 is 1.88. The SMILES string of the molecule is CCC1CCCN(c2ncc(CNC3CC3)s2)CC1. The van der Waals surface area contributed by atoms with Crippen LogP contribution in [0.4, 0.5) is 5.13 Å². The summed E-state index contributed by atoms with van der Waals surface area (Å²) in [7, 11) is 0. The van der Waals surface area contributed by atoms with Crippen molar-refractivity contribution in [1.29, 1.82) is 0 Å². The normalized spacial score (nSPS) is 24.5. The molecule has 0 aromatic carbocycles. The molecular weight excluding hydrogens is 254 g/mol. The molecule has 3 nitrogen and oxygen atoms in total. The summed E-state index contributed by atoms with van der Waals surface area (Å²) in [5, 5.41) is 4.81. The van der Waals surface area contributed by atoms with E-state index in [9.17, 15) is 0 Å². The molecule has 0 amide bonds. The Hall–Kier alpha value is -0.610. The van der Waals surface area contributed by atoms with Gasteiger partial charge in [-0.15, -0.1) is 11.3 Å². The molecule has 3 rings (SSSR count). The molecular formula is C15H25N3S. The van der Waals surface area contributed by atoms with Gasteiger partial charge in [0.1, 0.15) is 0 Å². The Morgan fingerprint density at radius 3 is 3.00 bits per heavy atom. The summed E-state index contributed by atoms with van der Waals surface area (Å²) in [6.07, 6.45) is 10.2. The van der Waals surface area contributed by atoms with Crippen LogP contribution in [0.5, 0.6) is 0 Å². The van der Waals surface area contributed by atoms with Crippen molar-refractivity contribution in [2.75, 3.05) is 18.0 Å². The van der Waals surface area contributed by atoms with E-state index in [1.807, 2.05) is 11.3 Å². The molecule has 1 saturated carbocycles. The van der Waals surface area contributed by atoms with Crippen molar-refractivity contribution in [3.63, 3.8) is 0 Å². The highest BCUT2D eigenvalue weighted by Crippen LogP contribution is 2.28. The third-order valence-electron chi connectivity index (χ3n) is 4.38. The van der Waals surface area contributed by atoms with E-state index in [1.165, 1.54) is 61.6 Å². The fraction of sp³-hybridized carbons (Fsp3) is 0.800. The lowest BCUT2D eigenvalue weighted by Gasteiger charge is -2.19. The van der Waals surface area contributed by atoms with E-state index in [0.717, 1.165) is 18.5 Å². The lowest BCUT2D eigenvalue weighted by molar-refractivity contribution is 0.459. The molecule has 2 fully saturated rings. The van der Waals surface area contributed by atoms with Crippen LogP contribution in [0.1, 0.15) is 50.3 Å². The molecule has 1 N–H and O–H groups in total. The van der Waals surface area contributed by atoms with E-state index in [0.29, 0.717) is 0 Å². The van der Waals surface area contributed by atoms with E-state index in [1.54, 1.807) is 0 Å². The average Bonchev–Trinajstić information content (AvgIpc) is 3.20. The molecule has 2 heterocycles. The van der Waals surface area contributed by atoms with Gasteiger partial charge in [0.15, 0.2) is 5.13 Å². The Balaban J connectivity index is 1.55. The second-order valence-electron chi connectivity index (χ2n) is 5.96. The summed E-state index contributed by atoms with van der Waals surface area (Å²) < 4.78 is 0. The van der Waals surface area contributed by atoms with Crippen molar-refractivity contribution in [3.05, 3.63) is 11.1 Å². The lowest BCUT2D eigenvalue weighted by Crippen LogP contribution is -2.23. The summed E-state index contributed by atoms with van der Waals surface area (Å²) in [6.45, 7) is 5.72. The van der Waals surface area contributed by atoms with Gasteiger partial charge in [-0.05, 0) is 38.0 Å². The van der Waals surface area contributed by atoms with Gasteiger partial charge in [0.2, 0.25) is 0 Å². The second kappa shape index (κ2) is 6.23. The average molecular weight is 279 g/mol. The Kier molecular flexibility index (Phi) is 4.38. The molecule has 19 heavy (non-hydrogen) atoms. The van der Waals surface area contributed by atoms with Gasteiger partial charge in [0, 0.05) is 36.8 Å². The molecule has 1 saturated heterocycles. The Labute approximate surface area is 120 Å². The van der Waals surface area contributed by atoms with Crippen LogP contribution in [0.15, 0.2) is 6.20 Å². The standard InChI is InChI=1S/C15H25N3S/c1-2-12-4-3-8-18(9-7-12)15-17-11-14(19-15)10-16-13-5-6-13/h11-13,16H,2-10H2,1H3. The third-order valence-corrected chi connectivity index (χ3v) is 5.44. The van der Waals surface area contributed by atoms with Gasteiger partial charge in [-0.25, -0.2) is 4.98 Å². The molecule has 0 radical (unpaired) electrons. The van der Waals surface area contributed by atoms with Crippen LogP contribution in [-0.4, -0.2) is 24.1 Å². The van der Waals surface area contributed by atoms with Crippen LogP contribution in [0, 0.1) is 5.92 Å². The number of hydrogen-bond acceptors (Lipinski definition) is 4. The fourth-order valence-corrected chi connectivity index (χ4v) is 3.73. The number of anilines is 1. The van der Waals surface area contributed by atoms with Gasteiger partial charge in [-0.2, -0.15) is 0 Å².